The van der Waals surface area contributed by atoms with Crippen LogP contribution in [0.15, 0.2) is 170 Å². The van der Waals surface area contributed by atoms with E-state index in [1.807, 2.05) is 60.7 Å². The van der Waals surface area contributed by atoms with E-state index in [0.29, 0.717) is 0 Å². The third-order valence-electron chi connectivity index (χ3n) is 6.26. The zero-order valence-electron chi connectivity index (χ0n) is 23.4. The fourth-order valence-corrected chi connectivity index (χ4v) is 4.49. The van der Waals surface area contributed by atoms with Crippen molar-refractivity contribution < 1.29 is 51.0 Å². The molecule has 0 aliphatic carbocycles. The van der Waals surface area contributed by atoms with Crippen molar-refractivity contribution >= 4 is 43.1 Å². The largest absolute Gasteiger partial charge is 2.00 e. The molecule has 210 valence electrons. The molecule has 0 saturated carbocycles. The summed E-state index contributed by atoms with van der Waals surface area (Å²) in [6.45, 7) is 0. The van der Waals surface area contributed by atoms with Crippen molar-refractivity contribution in [2.45, 2.75) is 0 Å². The molecule has 0 radical (unpaired) electrons. The fourth-order valence-electron chi connectivity index (χ4n) is 4.49. The van der Waals surface area contributed by atoms with Crippen LogP contribution in [0.5, 0.6) is 0 Å². The molecule has 0 spiro atoms. The molecule has 42 heavy (non-hydrogen) atoms. The number of hydrogen-bond acceptors (Lipinski definition) is 0. The maximum absolute atomic E-state index is 2.89. The third-order valence-corrected chi connectivity index (χ3v) is 6.26. The second kappa shape index (κ2) is 19.6. The average Bonchev–Trinajstić information content (AvgIpc) is 3.59. The smallest absolute Gasteiger partial charge is 1.00 e. The number of halogens is 2. The van der Waals surface area contributed by atoms with Crippen LogP contribution < -0.4 is 24.8 Å². The van der Waals surface area contributed by atoms with Crippen LogP contribution >= 0.6 is 0 Å². The summed E-state index contributed by atoms with van der Waals surface area (Å²) < 4.78 is 0. The second-order valence-electron chi connectivity index (χ2n) is 8.79. The number of fused-ring (bicyclic) bond motifs is 6. The first-order valence-electron chi connectivity index (χ1n) is 12.8. The molecule has 0 saturated heterocycles. The average molecular weight is 662 g/mol. The summed E-state index contributed by atoms with van der Waals surface area (Å²) in [5, 5.41) is 10.8. The van der Waals surface area contributed by atoms with E-state index in [9.17, 15) is 0 Å². The van der Waals surface area contributed by atoms with Gasteiger partial charge in [0, 0.05) is 0 Å². The van der Waals surface area contributed by atoms with Gasteiger partial charge in [-0.25, -0.2) is 0 Å². The minimum Gasteiger partial charge on any atom is -1.00 e. The Hall–Kier alpha value is -3.48. The van der Waals surface area contributed by atoms with Gasteiger partial charge >= 0.3 is 26.2 Å². The Kier molecular flexibility index (Phi) is 17.1. The molecule has 8 aromatic carbocycles. The van der Waals surface area contributed by atoms with Gasteiger partial charge in [0.25, 0.3) is 0 Å². The Morgan fingerprint density at radius 2 is 0.571 bits per heavy atom. The summed E-state index contributed by atoms with van der Waals surface area (Å²) in [5.74, 6) is 0. The molecular formula is C39H31Cl2Zr-5. The zero-order valence-corrected chi connectivity index (χ0v) is 27.4. The number of hydrogen-bond donors (Lipinski definition) is 0. The van der Waals surface area contributed by atoms with Crippen LogP contribution in [0.2, 0.25) is 0 Å². The van der Waals surface area contributed by atoms with E-state index in [1.165, 1.54) is 43.1 Å². The van der Waals surface area contributed by atoms with E-state index < -0.39 is 0 Å². The molecule has 0 aromatic heterocycles. The van der Waals surface area contributed by atoms with Crippen molar-refractivity contribution in [2.75, 3.05) is 0 Å². The van der Waals surface area contributed by atoms with E-state index in [0.717, 1.165) is 0 Å². The number of benzene rings is 6. The predicted molar refractivity (Wildman–Crippen MR) is 171 cm³/mol. The van der Waals surface area contributed by atoms with Crippen LogP contribution in [-0.4, -0.2) is 0 Å². The van der Waals surface area contributed by atoms with Gasteiger partial charge in [-0.1, -0.05) is 72.8 Å². The van der Waals surface area contributed by atoms with Gasteiger partial charge in [0.15, 0.2) is 0 Å². The van der Waals surface area contributed by atoms with Crippen LogP contribution in [0.1, 0.15) is 0 Å². The molecular weight excluding hydrogens is 631 g/mol. The Labute approximate surface area is 281 Å². The first-order chi connectivity index (χ1) is 18.9. The standard InChI is InChI=1S/2C13H9.2C6H5.CH3.2ClH.Zr/c2*1-3-7-12-10(5-1)9-11-6-2-4-8-13(11)12;2*1-2-4-6-5-3-1;;;;/h2*1-9H;2*1-5H;1H3;2*1H;/q5*-1;;;+2/p-2. The molecule has 0 bridgehead atoms. The quantitative estimate of drug-likeness (QED) is 0.204. The van der Waals surface area contributed by atoms with Crippen molar-refractivity contribution in [3.05, 3.63) is 189 Å². The third kappa shape index (κ3) is 9.82. The minimum absolute atomic E-state index is 0. The van der Waals surface area contributed by atoms with Gasteiger partial charge < -0.3 is 32.2 Å². The van der Waals surface area contributed by atoms with Gasteiger partial charge in [0.1, 0.15) is 0 Å². The fraction of sp³-hybridized carbons (Fsp3) is 0. The van der Waals surface area contributed by atoms with Crippen LogP contribution in [0.4, 0.5) is 0 Å². The maximum atomic E-state index is 2.89. The van der Waals surface area contributed by atoms with Crippen molar-refractivity contribution in [1.82, 2.24) is 0 Å². The first-order valence-corrected chi connectivity index (χ1v) is 12.8. The molecule has 0 nitrogen and oxygen atoms in total. The predicted octanol–water partition coefficient (Wildman–Crippen LogP) is 4.85. The molecule has 8 rings (SSSR count). The van der Waals surface area contributed by atoms with Crippen molar-refractivity contribution in [2.24, 2.45) is 0 Å². The SMILES string of the molecule is [CH3-].[Cl-].[Cl-].[Zr+2].[c-]1ccccc1.[c-]1ccccc1.c1ccc2c(c1)[cH-]c1ccccc12.c1ccc2c(c1)[cH-]c1ccccc12. The van der Waals surface area contributed by atoms with E-state index >= 15 is 0 Å². The van der Waals surface area contributed by atoms with Gasteiger partial charge in [0.2, 0.25) is 0 Å². The molecule has 0 aliphatic rings. The molecule has 3 heteroatoms. The Morgan fingerprint density at radius 1 is 0.333 bits per heavy atom. The van der Waals surface area contributed by atoms with E-state index in [-0.39, 0.29) is 58.4 Å². The zero-order chi connectivity index (χ0) is 25.8. The summed E-state index contributed by atoms with van der Waals surface area (Å²) in [7, 11) is 0. The van der Waals surface area contributed by atoms with E-state index in [4.69, 9.17) is 0 Å². The van der Waals surface area contributed by atoms with Crippen molar-refractivity contribution in [3.8, 4) is 0 Å². The molecule has 0 heterocycles. The molecule has 0 unspecified atom stereocenters. The minimum atomic E-state index is 0. The molecule has 0 fully saturated rings. The summed E-state index contributed by atoms with van der Waals surface area (Å²) >= 11 is 0. The van der Waals surface area contributed by atoms with Crippen LogP contribution in [-0.2, 0) is 26.2 Å². The van der Waals surface area contributed by atoms with Gasteiger partial charge in [0.05, 0.1) is 0 Å². The van der Waals surface area contributed by atoms with Crippen molar-refractivity contribution in [3.63, 3.8) is 0 Å². The molecule has 8 aromatic rings. The van der Waals surface area contributed by atoms with Gasteiger partial charge in [-0.05, 0) is 0 Å². The second-order valence-corrected chi connectivity index (χ2v) is 8.79. The Balaban J connectivity index is 0.000000287. The summed E-state index contributed by atoms with van der Waals surface area (Å²) in [6.07, 6.45) is 0. The first kappa shape index (κ1) is 36.5. The van der Waals surface area contributed by atoms with Crippen LogP contribution in [0.25, 0.3) is 43.1 Å². The molecule has 0 amide bonds. The van der Waals surface area contributed by atoms with E-state index in [1.54, 1.807) is 0 Å². The monoisotopic (exact) mass is 659 g/mol. The topological polar surface area (TPSA) is 0 Å². The Bertz CT molecular complexity index is 1530. The summed E-state index contributed by atoms with van der Waals surface area (Å²) in [4.78, 5) is 0. The Morgan fingerprint density at radius 3 is 0.762 bits per heavy atom. The molecule has 0 aliphatic heterocycles. The number of rotatable bonds is 0. The summed E-state index contributed by atoms with van der Waals surface area (Å²) in [6, 6.07) is 63.5. The van der Waals surface area contributed by atoms with Gasteiger partial charge in [-0.2, -0.15) is 72.8 Å². The summed E-state index contributed by atoms with van der Waals surface area (Å²) in [5.41, 5.74) is 0. The van der Waals surface area contributed by atoms with Gasteiger partial charge in [-0.3, -0.25) is 0 Å². The maximum Gasteiger partial charge on any atom is 2.00 e. The molecule has 0 atom stereocenters. The normalized spacial score (nSPS) is 9.14. The van der Waals surface area contributed by atoms with Gasteiger partial charge in [-0.15, -0.1) is 79.5 Å². The molecule has 0 N–H and O–H groups in total. The van der Waals surface area contributed by atoms with E-state index in [2.05, 4.69) is 121 Å². The van der Waals surface area contributed by atoms with Crippen LogP contribution in [0.3, 0.4) is 0 Å². The van der Waals surface area contributed by atoms with Crippen molar-refractivity contribution in [1.29, 1.82) is 0 Å². The van der Waals surface area contributed by atoms with Crippen LogP contribution in [0, 0.1) is 19.6 Å².